The third-order valence-corrected chi connectivity index (χ3v) is 5.74. The minimum Gasteiger partial charge on any atom is -0.398 e. The number of carbonyl (C=O) groups is 1. The van der Waals surface area contributed by atoms with Crippen molar-refractivity contribution in [3.05, 3.63) is 82.2 Å². The Hall–Kier alpha value is -3.65. The Balaban J connectivity index is 1.71. The Kier molecular flexibility index (Phi) is 5.71. The number of pyridine rings is 1. The van der Waals surface area contributed by atoms with Crippen molar-refractivity contribution in [3.63, 3.8) is 0 Å². The molecule has 0 unspecified atom stereocenters. The van der Waals surface area contributed by atoms with Gasteiger partial charge < -0.3 is 15.7 Å². The molecule has 0 aliphatic carbocycles. The second-order valence-corrected chi connectivity index (χ2v) is 8.52. The van der Waals surface area contributed by atoms with Crippen molar-refractivity contribution in [2.45, 2.75) is 32.5 Å². The summed E-state index contributed by atoms with van der Waals surface area (Å²) in [6.07, 6.45) is 3.05. The summed E-state index contributed by atoms with van der Waals surface area (Å²) >= 11 is 0. The highest BCUT2D eigenvalue weighted by Crippen LogP contribution is 2.36. The van der Waals surface area contributed by atoms with Crippen molar-refractivity contribution in [2.24, 2.45) is 4.99 Å². The summed E-state index contributed by atoms with van der Waals surface area (Å²) in [7, 11) is 1.54. The lowest BCUT2D eigenvalue weighted by molar-refractivity contribution is 0.0763. The zero-order chi connectivity index (χ0) is 23.9. The normalized spacial score (nSPS) is 13.8. The van der Waals surface area contributed by atoms with Gasteiger partial charge in [0.1, 0.15) is 11.6 Å². The van der Waals surface area contributed by atoms with Crippen LogP contribution in [0.4, 0.5) is 14.5 Å². The van der Waals surface area contributed by atoms with Crippen molar-refractivity contribution in [1.29, 1.82) is 0 Å². The fourth-order valence-corrected chi connectivity index (χ4v) is 4.10. The zero-order valence-corrected chi connectivity index (χ0v) is 18.6. The highest BCUT2D eigenvalue weighted by atomic mass is 19.1. The van der Waals surface area contributed by atoms with Crippen LogP contribution in [0.5, 0.6) is 0 Å². The van der Waals surface area contributed by atoms with Crippen LogP contribution in [0.3, 0.4) is 0 Å². The van der Waals surface area contributed by atoms with Crippen LogP contribution in [-0.4, -0.2) is 34.2 Å². The molecule has 0 radical (unpaired) electrons. The van der Waals surface area contributed by atoms with Crippen molar-refractivity contribution in [1.82, 2.24) is 9.88 Å². The molecular weight excluding hydrogens is 426 g/mol. The maximum absolute atomic E-state index is 15.2. The summed E-state index contributed by atoms with van der Waals surface area (Å²) < 4.78 is 30.3. The van der Waals surface area contributed by atoms with Gasteiger partial charge in [-0.3, -0.25) is 14.8 Å². The molecule has 3 aromatic rings. The highest BCUT2D eigenvalue weighted by molar-refractivity contribution is 5.98. The number of anilines is 1. The van der Waals surface area contributed by atoms with Crippen molar-refractivity contribution < 1.29 is 18.7 Å². The Morgan fingerprint density at radius 1 is 1.18 bits per heavy atom. The number of hydrogen-bond acceptors (Lipinski definition) is 5. The molecule has 3 N–H and O–H groups in total. The summed E-state index contributed by atoms with van der Waals surface area (Å²) in [5, 5.41) is 10.4. The average Bonchev–Trinajstić information content (AvgIpc) is 3.07. The SMILES string of the molecule is CN=Cc1c(-c2cc(F)c(CN3Cc4ncccc4C3=O)cc2F)ccc(C(C)(C)O)c1N. The van der Waals surface area contributed by atoms with Crippen LogP contribution < -0.4 is 5.73 Å². The Bertz CT molecular complexity index is 1280. The number of benzene rings is 2. The van der Waals surface area contributed by atoms with E-state index in [1.54, 1.807) is 51.4 Å². The molecule has 0 fully saturated rings. The Morgan fingerprint density at radius 2 is 1.94 bits per heavy atom. The molecule has 0 saturated carbocycles. The molecule has 2 heterocycles. The lowest BCUT2D eigenvalue weighted by Gasteiger charge is -2.23. The van der Waals surface area contributed by atoms with Gasteiger partial charge in [0.05, 0.1) is 23.4 Å². The Morgan fingerprint density at radius 3 is 2.61 bits per heavy atom. The van der Waals surface area contributed by atoms with Gasteiger partial charge in [-0.1, -0.05) is 12.1 Å². The molecule has 0 spiro atoms. The number of amides is 1. The minimum atomic E-state index is -1.22. The van der Waals surface area contributed by atoms with E-state index in [-0.39, 0.29) is 35.8 Å². The van der Waals surface area contributed by atoms with E-state index in [2.05, 4.69) is 9.98 Å². The molecule has 6 nitrogen and oxygen atoms in total. The van der Waals surface area contributed by atoms with Gasteiger partial charge in [-0.15, -0.1) is 0 Å². The summed E-state index contributed by atoms with van der Waals surface area (Å²) in [5.41, 5.74) is 7.63. The van der Waals surface area contributed by atoms with Crippen LogP contribution in [-0.2, 0) is 18.7 Å². The molecule has 1 aromatic heterocycles. The second-order valence-electron chi connectivity index (χ2n) is 8.52. The van der Waals surface area contributed by atoms with E-state index in [9.17, 15) is 9.90 Å². The van der Waals surface area contributed by atoms with Gasteiger partial charge >= 0.3 is 0 Å². The number of aliphatic hydroxyl groups is 1. The fraction of sp³-hybridized carbons (Fsp3) is 0.240. The maximum Gasteiger partial charge on any atom is 0.256 e. The summed E-state index contributed by atoms with van der Waals surface area (Å²) in [5.74, 6) is -1.57. The van der Waals surface area contributed by atoms with Crippen LogP contribution in [0, 0.1) is 11.6 Å². The maximum atomic E-state index is 15.2. The van der Waals surface area contributed by atoms with Gasteiger partial charge in [0, 0.05) is 53.9 Å². The monoisotopic (exact) mass is 450 g/mol. The molecule has 33 heavy (non-hydrogen) atoms. The number of fused-ring (bicyclic) bond motifs is 1. The molecule has 1 amide bonds. The molecule has 1 aliphatic rings. The first-order chi connectivity index (χ1) is 15.6. The van der Waals surface area contributed by atoms with Crippen LogP contribution in [0.2, 0.25) is 0 Å². The molecule has 4 rings (SSSR count). The van der Waals surface area contributed by atoms with Crippen molar-refractivity contribution in [3.8, 4) is 11.1 Å². The quantitative estimate of drug-likeness (QED) is 0.453. The van der Waals surface area contributed by atoms with Crippen LogP contribution in [0.1, 0.15) is 46.6 Å². The number of aromatic nitrogens is 1. The molecule has 1 aliphatic heterocycles. The number of aliphatic imine (C=N–C) groups is 1. The third-order valence-electron chi connectivity index (χ3n) is 5.74. The van der Waals surface area contributed by atoms with Gasteiger partial charge in [0.2, 0.25) is 0 Å². The first kappa shape index (κ1) is 22.5. The number of rotatable bonds is 5. The number of carbonyl (C=O) groups excluding carboxylic acids is 1. The molecule has 0 bridgehead atoms. The molecule has 0 atom stereocenters. The van der Waals surface area contributed by atoms with E-state index in [0.29, 0.717) is 27.9 Å². The van der Waals surface area contributed by atoms with Crippen LogP contribution >= 0.6 is 0 Å². The van der Waals surface area contributed by atoms with Gasteiger partial charge in [0.25, 0.3) is 5.91 Å². The van der Waals surface area contributed by atoms with Gasteiger partial charge in [0.15, 0.2) is 0 Å². The summed E-state index contributed by atoms with van der Waals surface area (Å²) in [4.78, 5) is 22.2. The minimum absolute atomic E-state index is 0.0119. The number of nitrogens with zero attached hydrogens (tertiary/aromatic N) is 3. The summed E-state index contributed by atoms with van der Waals surface area (Å²) in [6, 6.07) is 8.72. The largest absolute Gasteiger partial charge is 0.398 e. The first-order valence-electron chi connectivity index (χ1n) is 10.4. The fourth-order valence-electron chi connectivity index (χ4n) is 4.10. The third kappa shape index (κ3) is 4.09. The molecule has 2 aromatic carbocycles. The zero-order valence-electron chi connectivity index (χ0n) is 18.6. The smallest absolute Gasteiger partial charge is 0.256 e. The van der Waals surface area contributed by atoms with E-state index in [1.807, 2.05) is 0 Å². The Labute approximate surface area is 190 Å². The van der Waals surface area contributed by atoms with Crippen LogP contribution in [0.15, 0.2) is 47.6 Å². The van der Waals surface area contributed by atoms with E-state index >= 15 is 8.78 Å². The predicted octanol–water partition coefficient (Wildman–Crippen LogP) is 4.04. The topological polar surface area (TPSA) is 91.8 Å². The number of halogens is 2. The standard InChI is InChI=1S/C25H24F2N4O2/c1-25(2,33)19-7-6-15(18(11-29-3)23(19)28)17-10-20(26)14(9-21(17)27)12-31-13-22-16(24(31)32)5-4-8-30-22/h4-11,33H,12-13,28H2,1-3H3. The van der Waals surface area contributed by atoms with Crippen LogP contribution in [0.25, 0.3) is 11.1 Å². The predicted molar refractivity (Wildman–Crippen MR) is 123 cm³/mol. The first-order valence-corrected chi connectivity index (χ1v) is 10.4. The van der Waals surface area contributed by atoms with E-state index in [0.717, 1.165) is 12.1 Å². The molecular formula is C25H24F2N4O2. The molecule has 0 saturated heterocycles. The summed E-state index contributed by atoms with van der Waals surface area (Å²) in [6.45, 7) is 3.34. The lowest BCUT2D eigenvalue weighted by Crippen LogP contribution is -2.24. The van der Waals surface area contributed by atoms with E-state index in [1.165, 1.54) is 11.1 Å². The van der Waals surface area contributed by atoms with Crippen molar-refractivity contribution >= 4 is 17.8 Å². The highest BCUT2D eigenvalue weighted by Gasteiger charge is 2.29. The van der Waals surface area contributed by atoms with Crippen molar-refractivity contribution in [2.75, 3.05) is 12.8 Å². The number of nitrogen functional groups attached to an aromatic ring is 1. The molecule has 170 valence electrons. The number of nitrogens with two attached hydrogens (primary N) is 1. The average molecular weight is 450 g/mol. The van der Waals surface area contributed by atoms with E-state index < -0.39 is 17.2 Å². The van der Waals surface area contributed by atoms with Gasteiger partial charge in [-0.25, -0.2) is 8.78 Å². The molecule has 8 heteroatoms. The lowest BCUT2D eigenvalue weighted by atomic mass is 9.89. The second kappa shape index (κ2) is 8.37. The van der Waals surface area contributed by atoms with E-state index in [4.69, 9.17) is 5.73 Å². The number of hydrogen-bond donors (Lipinski definition) is 2. The van der Waals surface area contributed by atoms with Gasteiger partial charge in [-0.05, 0) is 43.7 Å². The van der Waals surface area contributed by atoms with Gasteiger partial charge in [-0.2, -0.15) is 0 Å².